The Bertz CT molecular complexity index is 1380. The van der Waals surface area contributed by atoms with Crippen molar-refractivity contribution in [2.45, 2.75) is 63.6 Å². The van der Waals surface area contributed by atoms with Crippen molar-refractivity contribution in [2.75, 3.05) is 13.2 Å². The van der Waals surface area contributed by atoms with Crippen LogP contribution in [-0.4, -0.2) is 51.6 Å². The monoisotopic (exact) mass is 578 g/mol. The molecule has 1 saturated heterocycles. The Morgan fingerprint density at radius 2 is 1.51 bits per heavy atom. The Morgan fingerprint density at radius 1 is 0.953 bits per heavy atom. The standard InChI is InChI=1S/C36H42N4O3/c1-27-21-22-40(33(23-27)25-43-28(2)41)35(42)34(37)20-12-19-32-24-39(26-38-32)36(29-13-6-3-7-14-29,30-15-8-4-9-16-30)31-17-10-5-11-18-31/h3-11,13-18,24,26-27,33-34H,12,19-23,25,37H2,1-2H3. The van der Waals surface area contributed by atoms with Crippen molar-refractivity contribution >= 4 is 11.9 Å². The summed E-state index contributed by atoms with van der Waals surface area (Å²) < 4.78 is 7.48. The fourth-order valence-corrected chi connectivity index (χ4v) is 6.41. The Morgan fingerprint density at radius 3 is 2.05 bits per heavy atom. The van der Waals surface area contributed by atoms with E-state index in [1.165, 1.54) is 6.92 Å². The van der Waals surface area contributed by atoms with Gasteiger partial charge >= 0.3 is 5.97 Å². The summed E-state index contributed by atoms with van der Waals surface area (Å²) >= 11 is 0. The molecular formula is C36H42N4O3. The summed E-state index contributed by atoms with van der Waals surface area (Å²) in [5.74, 6) is 0.0849. The minimum Gasteiger partial charge on any atom is -0.464 e. The lowest BCUT2D eigenvalue weighted by Gasteiger charge is -2.39. The maximum absolute atomic E-state index is 13.3. The van der Waals surface area contributed by atoms with Gasteiger partial charge in [0.1, 0.15) is 12.1 Å². The molecule has 2 N–H and O–H groups in total. The fraction of sp³-hybridized carbons (Fsp3) is 0.361. The number of piperidine rings is 1. The van der Waals surface area contributed by atoms with Crippen molar-refractivity contribution in [1.82, 2.24) is 14.5 Å². The molecule has 4 aromatic rings. The molecule has 1 fully saturated rings. The molecule has 7 heteroatoms. The van der Waals surface area contributed by atoms with Gasteiger partial charge in [-0.3, -0.25) is 9.59 Å². The number of esters is 1. The molecule has 1 amide bonds. The average molecular weight is 579 g/mol. The van der Waals surface area contributed by atoms with E-state index in [1.54, 1.807) is 0 Å². The van der Waals surface area contributed by atoms with Crippen LogP contribution in [0.3, 0.4) is 0 Å². The summed E-state index contributed by atoms with van der Waals surface area (Å²) in [5.41, 5.74) is 10.2. The highest BCUT2D eigenvalue weighted by atomic mass is 16.5. The molecule has 0 radical (unpaired) electrons. The number of aromatic nitrogens is 2. The molecule has 224 valence electrons. The van der Waals surface area contributed by atoms with E-state index >= 15 is 0 Å². The van der Waals surface area contributed by atoms with Crippen molar-refractivity contribution in [2.24, 2.45) is 11.7 Å². The second kappa shape index (κ2) is 13.8. The van der Waals surface area contributed by atoms with Crippen molar-refractivity contribution in [1.29, 1.82) is 0 Å². The van der Waals surface area contributed by atoms with Crippen LogP contribution in [0.25, 0.3) is 0 Å². The number of ether oxygens (including phenoxy) is 1. The summed E-state index contributed by atoms with van der Waals surface area (Å²) in [4.78, 5) is 31.4. The van der Waals surface area contributed by atoms with Gasteiger partial charge in [-0.1, -0.05) is 97.9 Å². The van der Waals surface area contributed by atoms with E-state index in [0.717, 1.165) is 41.6 Å². The third-order valence-electron chi connectivity index (χ3n) is 8.60. The predicted octanol–water partition coefficient (Wildman–Crippen LogP) is 5.56. The smallest absolute Gasteiger partial charge is 0.302 e. The number of imidazole rings is 1. The van der Waals surface area contributed by atoms with Gasteiger partial charge in [0.15, 0.2) is 0 Å². The molecule has 0 spiro atoms. The predicted molar refractivity (Wildman–Crippen MR) is 168 cm³/mol. The molecule has 0 saturated carbocycles. The third kappa shape index (κ3) is 6.73. The summed E-state index contributed by atoms with van der Waals surface area (Å²) in [6.07, 6.45) is 7.78. The second-order valence-electron chi connectivity index (χ2n) is 11.7. The maximum atomic E-state index is 13.3. The van der Waals surface area contributed by atoms with Crippen molar-refractivity contribution in [3.8, 4) is 0 Å². The Hall–Kier alpha value is -4.23. The number of likely N-dealkylation sites (tertiary alicyclic amines) is 1. The van der Waals surface area contributed by atoms with Gasteiger partial charge in [0.2, 0.25) is 5.91 Å². The first kappa shape index (κ1) is 30.2. The molecule has 2 heterocycles. The lowest BCUT2D eigenvalue weighted by molar-refractivity contribution is -0.148. The Kier molecular flexibility index (Phi) is 9.72. The van der Waals surface area contributed by atoms with E-state index in [4.69, 9.17) is 15.5 Å². The van der Waals surface area contributed by atoms with Gasteiger partial charge in [-0.15, -0.1) is 0 Å². The summed E-state index contributed by atoms with van der Waals surface area (Å²) in [6.45, 7) is 4.44. The number of aryl methyl sites for hydroxylation is 1. The van der Waals surface area contributed by atoms with E-state index in [1.807, 2.05) is 29.4 Å². The number of hydrogen-bond acceptors (Lipinski definition) is 5. The average Bonchev–Trinajstić information content (AvgIpc) is 3.50. The lowest BCUT2D eigenvalue weighted by atomic mass is 9.77. The number of amides is 1. The molecule has 3 aromatic carbocycles. The molecular weight excluding hydrogens is 536 g/mol. The lowest BCUT2D eigenvalue weighted by Crippen LogP contribution is -2.53. The molecule has 0 bridgehead atoms. The summed E-state index contributed by atoms with van der Waals surface area (Å²) in [7, 11) is 0. The van der Waals surface area contributed by atoms with Gasteiger partial charge in [0.25, 0.3) is 0 Å². The first-order valence-electron chi connectivity index (χ1n) is 15.3. The zero-order valence-electron chi connectivity index (χ0n) is 25.1. The molecule has 0 aliphatic carbocycles. The largest absolute Gasteiger partial charge is 0.464 e. The number of benzene rings is 3. The van der Waals surface area contributed by atoms with Gasteiger partial charge < -0.3 is 19.9 Å². The van der Waals surface area contributed by atoms with Gasteiger partial charge in [0, 0.05) is 19.7 Å². The first-order valence-corrected chi connectivity index (χ1v) is 15.3. The van der Waals surface area contributed by atoms with Crippen LogP contribution in [0.1, 0.15) is 61.9 Å². The Balaban J connectivity index is 1.34. The number of rotatable bonds is 11. The maximum Gasteiger partial charge on any atom is 0.302 e. The van der Waals surface area contributed by atoms with Crippen LogP contribution in [0.2, 0.25) is 0 Å². The third-order valence-corrected chi connectivity index (χ3v) is 8.60. The SMILES string of the molecule is CC(=O)OCC1CC(C)CCN1C(=O)C(N)CCCc1cn(C(c2ccccc2)(c2ccccc2)c2ccccc2)cn1. The second-order valence-corrected chi connectivity index (χ2v) is 11.7. The van der Waals surface area contributed by atoms with E-state index in [9.17, 15) is 9.59 Å². The quantitative estimate of drug-likeness (QED) is 0.186. The minimum atomic E-state index is -0.607. The number of nitrogens with two attached hydrogens (primary N) is 1. The number of nitrogens with zero attached hydrogens (tertiary/aromatic N) is 3. The number of carbonyl (C=O) groups is 2. The van der Waals surface area contributed by atoms with E-state index in [2.05, 4.69) is 90.5 Å². The van der Waals surface area contributed by atoms with Crippen LogP contribution in [0.5, 0.6) is 0 Å². The van der Waals surface area contributed by atoms with E-state index < -0.39 is 11.6 Å². The molecule has 7 nitrogen and oxygen atoms in total. The van der Waals surface area contributed by atoms with Crippen LogP contribution in [0.4, 0.5) is 0 Å². The van der Waals surface area contributed by atoms with Gasteiger partial charge in [-0.05, 0) is 54.7 Å². The van der Waals surface area contributed by atoms with Crippen molar-refractivity contribution in [3.63, 3.8) is 0 Å². The van der Waals surface area contributed by atoms with Crippen LogP contribution >= 0.6 is 0 Å². The molecule has 3 unspecified atom stereocenters. The van der Waals surface area contributed by atoms with E-state index in [0.29, 0.717) is 25.3 Å². The minimum absolute atomic E-state index is 0.0640. The molecule has 1 aromatic heterocycles. The highest BCUT2D eigenvalue weighted by Crippen LogP contribution is 2.40. The summed E-state index contributed by atoms with van der Waals surface area (Å²) in [5, 5.41) is 0. The van der Waals surface area contributed by atoms with Crippen LogP contribution in [0.15, 0.2) is 104 Å². The highest BCUT2D eigenvalue weighted by Gasteiger charge is 2.38. The first-order chi connectivity index (χ1) is 20.9. The van der Waals surface area contributed by atoms with Crippen LogP contribution < -0.4 is 5.73 Å². The van der Waals surface area contributed by atoms with Gasteiger partial charge in [-0.25, -0.2) is 4.98 Å². The molecule has 5 rings (SSSR count). The Labute approximate surface area is 254 Å². The van der Waals surface area contributed by atoms with Crippen molar-refractivity contribution in [3.05, 3.63) is 126 Å². The van der Waals surface area contributed by atoms with Gasteiger partial charge in [-0.2, -0.15) is 0 Å². The number of hydrogen-bond donors (Lipinski definition) is 1. The fourth-order valence-electron chi connectivity index (χ4n) is 6.41. The van der Waals surface area contributed by atoms with Gasteiger partial charge in [0.05, 0.1) is 24.1 Å². The van der Waals surface area contributed by atoms with Crippen LogP contribution in [-0.2, 0) is 26.3 Å². The van der Waals surface area contributed by atoms with Crippen LogP contribution in [0, 0.1) is 5.92 Å². The molecule has 1 aliphatic heterocycles. The molecule has 1 aliphatic rings. The topological polar surface area (TPSA) is 90.5 Å². The zero-order valence-corrected chi connectivity index (χ0v) is 25.1. The van der Waals surface area contributed by atoms with E-state index in [-0.39, 0.29) is 24.5 Å². The normalized spacial score (nSPS) is 17.8. The number of carbonyl (C=O) groups excluding carboxylic acids is 2. The highest BCUT2D eigenvalue weighted by molar-refractivity contribution is 5.82. The molecule has 43 heavy (non-hydrogen) atoms. The zero-order chi connectivity index (χ0) is 30.2. The summed E-state index contributed by atoms with van der Waals surface area (Å²) in [6, 6.07) is 30.8. The molecule has 3 atom stereocenters. The van der Waals surface area contributed by atoms with Crippen molar-refractivity contribution < 1.29 is 14.3 Å².